The first-order chi connectivity index (χ1) is 12.1. The molecule has 1 aliphatic rings. The van der Waals surface area contributed by atoms with Gasteiger partial charge in [-0.3, -0.25) is 0 Å². The van der Waals surface area contributed by atoms with E-state index in [9.17, 15) is 8.78 Å². The first-order valence-electron chi connectivity index (χ1n) is 9.27. The van der Waals surface area contributed by atoms with E-state index in [0.29, 0.717) is 29.0 Å². The molecule has 0 nitrogen and oxygen atoms in total. The van der Waals surface area contributed by atoms with Crippen molar-refractivity contribution in [1.29, 1.82) is 0 Å². The zero-order valence-corrected chi connectivity index (χ0v) is 14.9. The highest BCUT2D eigenvalue weighted by molar-refractivity contribution is 5.65. The van der Waals surface area contributed by atoms with Crippen LogP contribution in [0.1, 0.15) is 56.1 Å². The molecule has 0 aromatic heterocycles. The molecular weight excluding hydrogens is 314 g/mol. The minimum atomic E-state index is -0.274. The number of halogens is 2. The number of hydrogen-bond donors (Lipinski definition) is 0. The van der Waals surface area contributed by atoms with Crippen molar-refractivity contribution in [1.82, 2.24) is 0 Å². The van der Waals surface area contributed by atoms with Gasteiger partial charge in [-0.05, 0) is 66.3 Å². The highest BCUT2D eigenvalue weighted by atomic mass is 19.1. The van der Waals surface area contributed by atoms with E-state index in [1.165, 1.54) is 18.9 Å². The third-order valence-corrected chi connectivity index (χ3v) is 5.46. The number of hydrogen-bond acceptors (Lipinski definition) is 0. The van der Waals surface area contributed by atoms with Crippen LogP contribution in [-0.2, 0) is 6.42 Å². The van der Waals surface area contributed by atoms with Gasteiger partial charge in [-0.25, -0.2) is 8.78 Å². The molecule has 0 aliphatic heterocycles. The summed E-state index contributed by atoms with van der Waals surface area (Å²) in [5.74, 6) is 0.708. The van der Waals surface area contributed by atoms with Crippen molar-refractivity contribution in [2.75, 3.05) is 0 Å². The Morgan fingerprint density at radius 2 is 1.76 bits per heavy atom. The lowest BCUT2D eigenvalue weighted by Gasteiger charge is -2.26. The molecule has 0 unspecified atom stereocenters. The van der Waals surface area contributed by atoms with Gasteiger partial charge >= 0.3 is 0 Å². The maximum Gasteiger partial charge on any atom is 0.131 e. The molecule has 132 valence electrons. The topological polar surface area (TPSA) is 0 Å². The van der Waals surface area contributed by atoms with E-state index >= 15 is 0 Å². The SMILES string of the molecule is C=CCCc1ccc(-c2ccc(C3CCC(C)CC3)cc2F)cc1F. The van der Waals surface area contributed by atoms with E-state index in [0.717, 1.165) is 30.7 Å². The Labute approximate surface area is 149 Å². The highest BCUT2D eigenvalue weighted by Gasteiger charge is 2.20. The summed E-state index contributed by atoms with van der Waals surface area (Å²) < 4.78 is 28.9. The molecule has 0 spiro atoms. The van der Waals surface area contributed by atoms with Crippen molar-refractivity contribution in [3.63, 3.8) is 0 Å². The summed E-state index contributed by atoms with van der Waals surface area (Å²) in [4.78, 5) is 0. The van der Waals surface area contributed by atoms with Crippen LogP contribution in [-0.4, -0.2) is 0 Å². The molecule has 0 saturated heterocycles. The Morgan fingerprint density at radius 1 is 1.00 bits per heavy atom. The summed E-state index contributed by atoms with van der Waals surface area (Å²) >= 11 is 0. The van der Waals surface area contributed by atoms with E-state index in [1.807, 2.05) is 12.1 Å². The minimum absolute atomic E-state index is 0.255. The maximum atomic E-state index is 14.7. The lowest BCUT2D eigenvalue weighted by Crippen LogP contribution is -2.11. The molecular formula is C23H26F2. The molecule has 25 heavy (non-hydrogen) atoms. The number of benzene rings is 2. The molecule has 2 aromatic carbocycles. The average molecular weight is 340 g/mol. The van der Waals surface area contributed by atoms with Crippen LogP contribution in [0.3, 0.4) is 0 Å². The van der Waals surface area contributed by atoms with Crippen LogP contribution in [0.2, 0.25) is 0 Å². The molecule has 0 bridgehead atoms. The van der Waals surface area contributed by atoms with Crippen LogP contribution in [0.4, 0.5) is 8.78 Å². The Hall–Kier alpha value is -1.96. The standard InChI is InChI=1S/C23H26F2/c1-3-4-5-18-10-11-20(15-22(18)24)21-13-12-19(14-23(21)25)17-8-6-16(2)7-9-17/h3,10-17H,1,4-9H2,2H3. The van der Waals surface area contributed by atoms with E-state index in [1.54, 1.807) is 24.3 Å². The third kappa shape index (κ3) is 4.18. The van der Waals surface area contributed by atoms with Crippen LogP contribution in [0.15, 0.2) is 49.1 Å². The van der Waals surface area contributed by atoms with Crippen LogP contribution in [0.5, 0.6) is 0 Å². The Morgan fingerprint density at radius 3 is 2.40 bits per heavy atom. The molecule has 1 fully saturated rings. The number of allylic oxidation sites excluding steroid dienone is 1. The summed E-state index contributed by atoms with van der Waals surface area (Å²) in [5, 5.41) is 0. The fourth-order valence-electron chi connectivity index (χ4n) is 3.79. The van der Waals surface area contributed by atoms with Gasteiger partial charge in [0.05, 0.1) is 0 Å². The van der Waals surface area contributed by atoms with Gasteiger partial charge in [0.2, 0.25) is 0 Å². The third-order valence-electron chi connectivity index (χ3n) is 5.46. The summed E-state index contributed by atoms with van der Waals surface area (Å²) in [6.45, 7) is 5.95. The molecule has 3 rings (SSSR count). The molecule has 1 aliphatic carbocycles. The molecule has 0 atom stereocenters. The molecule has 0 heterocycles. The fraction of sp³-hybridized carbons (Fsp3) is 0.391. The molecule has 0 amide bonds. The van der Waals surface area contributed by atoms with Gasteiger partial charge < -0.3 is 0 Å². The smallest absolute Gasteiger partial charge is 0.131 e. The quantitative estimate of drug-likeness (QED) is 0.512. The van der Waals surface area contributed by atoms with Crippen molar-refractivity contribution < 1.29 is 8.78 Å². The lowest BCUT2D eigenvalue weighted by molar-refractivity contribution is 0.347. The van der Waals surface area contributed by atoms with E-state index in [2.05, 4.69) is 13.5 Å². The van der Waals surface area contributed by atoms with Gasteiger partial charge in [0.15, 0.2) is 0 Å². The summed E-state index contributed by atoms with van der Waals surface area (Å²) in [6.07, 6.45) is 7.82. The van der Waals surface area contributed by atoms with Crippen LogP contribution < -0.4 is 0 Å². The predicted octanol–water partition coefficient (Wildman–Crippen LogP) is 7.04. The second kappa shape index (κ2) is 7.95. The fourth-order valence-corrected chi connectivity index (χ4v) is 3.79. The molecule has 0 N–H and O–H groups in total. The van der Waals surface area contributed by atoms with Gasteiger partial charge in [0, 0.05) is 5.56 Å². The Bertz CT molecular complexity index is 740. The van der Waals surface area contributed by atoms with Crippen molar-refractivity contribution in [2.24, 2.45) is 5.92 Å². The molecule has 2 aromatic rings. The number of aryl methyl sites for hydroxylation is 1. The molecule has 1 saturated carbocycles. The van der Waals surface area contributed by atoms with E-state index in [-0.39, 0.29) is 11.6 Å². The van der Waals surface area contributed by atoms with Crippen LogP contribution >= 0.6 is 0 Å². The first kappa shape index (κ1) is 17.8. The zero-order valence-electron chi connectivity index (χ0n) is 14.9. The molecule has 0 radical (unpaired) electrons. The zero-order chi connectivity index (χ0) is 17.8. The second-order valence-corrected chi connectivity index (χ2v) is 7.33. The van der Waals surface area contributed by atoms with Crippen molar-refractivity contribution >= 4 is 0 Å². The number of rotatable bonds is 5. The normalized spacial score (nSPS) is 20.4. The second-order valence-electron chi connectivity index (χ2n) is 7.33. The van der Waals surface area contributed by atoms with Gasteiger partial charge in [-0.2, -0.15) is 0 Å². The monoisotopic (exact) mass is 340 g/mol. The summed E-state index contributed by atoms with van der Waals surface area (Å²) in [5.41, 5.74) is 2.80. The van der Waals surface area contributed by atoms with E-state index in [4.69, 9.17) is 0 Å². The lowest BCUT2D eigenvalue weighted by atomic mass is 9.79. The summed E-state index contributed by atoms with van der Waals surface area (Å²) in [7, 11) is 0. The highest BCUT2D eigenvalue weighted by Crippen LogP contribution is 2.37. The Balaban J connectivity index is 1.81. The van der Waals surface area contributed by atoms with Crippen molar-refractivity contribution in [3.05, 3.63) is 71.8 Å². The predicted molar refractivity (Wildman–Crippen MR) is 101 cm³/mol. The summed E-state index contributed by atoms with van der Waals surface area (Å²) in [6, 6.07) is 10.5. The van der Waals surface area contributed by atoms with Crippen molar-refractivity contribution in [2.45, 2.75) is 51.4 Å². The van der Waals surface area contributed by atoms with Crippen LogP contribution in [0.25, 0.3) is 11.1 Å². The largest absolute Gasteiger partial charge is 0.207 e. The maximum absolute atomic E-state index is 14.7. The van der Waals surface area contributed by atoms with Crippen LogP contribution in [0, 0.1) is 17.6 Å². The van der Waals surface area contributed by atoms with Gasteiger partial charge in [0.25, 0.3) is 0 Å². The van der Waals surface area contributed by atoms with Gasteiger partial charge in [-0.1, -0.05) is 50.1 Å². The van der Waals surface area contributed by atoms with Crippen molar-refractivity contribution in [3.8, 4) is 11.1 Å². The van der Waals surface area contributed by atoms with Gasteiger partial charge in [0.1, 0.15) is 11.6 Å². The first-order valence-corrected chi connectivity index (χ1v) is 9.27. The molecule has 2 heteroatoms. The average Bonchev–Trinajstić information content (AvgIpc) is 2.61. The van der Waals surface area contributed by atoms with E-state index < -0.39 is 0 Å². The minimum Gasteiger partial charge on any atom is -0.207 e. The Kier molecular flexibility index (Phi) is 5.67. The van der Waals surface area contributed by atoms with Gasteiger partial charge in [-0.15, -0.1) is 6.58 Å².